The number of rotatable bonds is 5. The van der Waals surface area contributed by atoms with Crippen LogP contribution >= 0.6 is 0 Å². The normalized spacial score (nSPS) is 12.5. The fourth-order valence-corrected chi connectivity index (χ4v) is 1.77. The van der Waals surface area contributed by atoms with Gasteiger partial charge in [0.15, 0.2) is 0 Å². The van der Waals surface area contributed by atoms with Crippen molar-refractivity contribution in [2.75, 3.05) is 20.7 Å². The van der Waals surface area contributed by atoms with Crippen molar-refractivity contribution in [3.63, 3.8) is 0 Å². The fourth-order valence-electron chi connectivity index (χ4n) is 1.77. The van der Waals surface area contributed by atoms with Crippen LogP contribution in [0.1, 0.15) is 24.9 Å². The third-order valence-electron chi connectivity index (χ3n) is 2.62. The minimum absolute atomic E-state index is 0.213. The van der Waals surface area contributed by atoms with E-state index in [9.17, 15) is 4.79 Å². The highest BCUT2D eigenvalue weighted by Crippen LogP contribution is 2.21. The minimum Gasteiger partial charge on any atom is -0.468 e. The van der Waals surface area contributed by atoms with Crippen LogP contribution in [0.4, 0.5) is 0 Å². The number of hydrogen-bond acceptors (Lipinski definition) is 4. The third kappa shape index (κ3) is 3.31. The number of hydrogen-bond donors (Lipinski definition) is 0. The maximum absolute atomic E-state index is 11.2. The lowest BCUT2D eigenvalue weighted by Crippen LogP contribution is -2.30. The summed E-state index contributed by atoms with van der Waals surface area (Å²) in [6.45, 7) is 2.40. The highest BCUT2D eigenvalue weighted by molar-refractivity contribution is 5.71. The van der Waals surface area contributed by atoms with Crippen LogP contribution in [-0.4, -0.2) is 36.6 Å². The van der Waals surface area contributed by atoms with E-state index >= 15 is 0 Å². The summed E-state index contributed by atoms with van der Waals surface area (Å²) in [5.41, 5.74) is 1.17. The number of esters is 1. The molecule has 4 heteroatoms. The maximum Gasteiger partial charge on any atom is 0.319 e. The predicted octanol–water partition coefficient (Wildman–Crippen LogP) is 1.64. The molecule has 0 aliphatic heterocycles. The molecular weight excluding hydrogens is 204 g/mol. The summed E-state index contributed by atoms with van der Waals surface area (Å²) in [4.78, 5) is 17.2. The number of pyridine rings is 1. The van der Waals surface area contributed by atoms with Crippen LogP contribution in [0.25, 0.3) is 0 Å². The Morgan fingerprint density at radius 3 is 2.62 bits per heavy atom. The summed E-state index contributed by atoms with van der Waals surface area (Å²) >= 11 is 0. The van der Waals surface area contributed by atoms with Crippen LogP contribution in [0.5, 0.6) is 0 Å². The van der Waals surface area contributed by atoms with Crippen molar-refractivity contribution in [2.45, 2.75) is 19.4 Å². The van der Waals surface area contributed by atoms with Crippen molar-refractivity contribution in [3.8, 4) is 0 Å². The van der Waals surface area contributed by atoms with Gasteiger partial charge in [-0.1, -0.05) is 6.92 Å². The van der Waals surface area contributed by atoms with Gasteiger partial charge in [-0.2, -0.15) is 0 Å². The highest BCUT2D eigenvalue weighted by Gasteiger charge is 2.17. The van der Waals surface area contributed by atoms with E-state index in [-0.39, 0.29) is 12.0 Å². The van der Waals surface area contributed by atoms with Gasteiger partial charge in [0.1, 0.15) is 0 Å². The number of aromatic nitrogens is 1. The molecule has 1 atom stereocenters. The number of likely N-dealkylation sites (N-methyl/N-ethyl adjacent to an activating group) is 1. The van der Waals surface area contributed by atoms with Gasteiger partial charge in [-0.15, -0.1) is 0 Å². The Kier molecular flexibility index (Phi) is 4.92. The Balaban J connectivity index is 2.71. The van der Waals surface area contributed by atoms with E-state index in [2.05, 4.69) is 16.6 Å². The molecular formula is C12H18N2O2. The lowest BCUT2D eigenvalue weighted by Gasteiger charge is -2.26. The summed E-state index contributed by atoms with van der Waals surface area (Å²) < 4.78 is 4.66. The second-order valence-corrected chi connectivity index (χ2v) is 3.70. The Bertz CT molecular complexity index is 327. The van der Waals surface area contributed by atoms with Gasteiger partial charge in [0.05, 0.1) is 13.7 Å². The second-order valence-electron chi connectivity index (χ2n) is 3.70. The van der Waals surface area contributed by atoms with E-state index in [4.69, 9.17) is 0 Å². The zero-order valence-corrected chi connectivity index (χ0v) is 10.0. The van der Waals surface area contributed by atoms with Crippen LogP contribution in [0.3, 0.4) is 0 Å². The number of carbonyl (C=O) groups is 1. The van der Waals surface area contributed by atoms with Gasteiger partial charge < -0.3 is 4.74 Å². The largest absolute Gasteiger partial charge is 0.468 e. The molecule has 0 fully saturated rings. The first-order valence-corrected chi connectivity index (χ1v) is 5.36. The van der Waals surface area contributed by atoms with Gasteiger partial charge in [-0.3, -0.25) is 14.7 Å². The summed E-state index contributed by atoms with van der Waals surface area (Å²) in [7, 11) is 3.33. The summed E-state index contributed by atoms with van der Waals surface area (Å²) in [6.07, 6.45) is 4.48. The number of carbonyl (C=O) groups excluding carboxylic acids is 1. The molecule has 0 radical (unpaired) electrons. The molecule has 0 amide bonds. The molecule has 1 unspecified atom stereocenters. The van der Waals surface area contributed by atoms with Crippen molar-refractivity contribution in [3.05, 3.63) is 30.1 Å². The zero-order valence-electron chi connectivity index (χ0n) is 10.0. The second kappa shape index (κ2) is 6.23. The van der Waals surface area contributed by atoms with Crippen molar-refractivity contribution in [2.24, 2.45) is 0 Å². The lowest BCUT2D eigenvalue weighted by molar-refractivity contribution is -0.142. The summed E-state index contributed by atoms with van der Waals surface area (Å²) in [5, 5.41) is 0. The highest BCUT2D eigenvalue weighted by atomic mass is 16.5. The maximum atomic E-state index is 11.2. The van der Waals surface area contributed by atoms with Crippen molar-refractivity contribution in [1.82, 2.24) is 9.88 Å². The Morgan fingerprint density at radius 2 is 2.12 bits per heavy atom. The molecule has 1 aromatic rings. The van der Waals surface area contributed by atoms with Gasteiger partial charge in [-0.25, -0.2) is 0 Å². The number of ether oxygens (including phenoxy) is 1. The topological polar surface area (TPSA) is 42.4 Å². The molecule has 1 aromatic heterocycles. The predicted molar refractivity (Wildman–Crippen MR) is 61.9 cm³/mol. The van der Waals surface area contributed by atoms with Crippen LogP contribution in [0.2, 0.25) is 0 Å². The van der Waals surface area contributed by atoms with Gasteiger partial charge in [0, 0.05) is 18.4 Å². The standard InChI is InChI=1S/C12H18N2O2/c1-4-11(10-5-7-13-8-6-10)14(2)9-12(15)16-3/h5-8,11H,4,9H2,1-3H3. The summed E-state index contributed by atoms with van der Waals surface area (Å²) in [5.74, 6) is -0.213. The SMILES string of the molecule is CCC(c1ccncc1)N(C)CC(=O)OC. The van der Waals surface area contributed by atoms with Crippen LogP contribution in [-0.2, 0) is 9.53 Å². The monoisotopic (exact) mass is 222 g/mol. The molecule has 0 saturated heterocycles. The molecule has 16 heavy (non-hydrogen) atoms. The molecule has 1 heterocycles. The first-order chi connectivity index (χ1) is 7.69. The quantitative estimate of drug-likeness (QED) is 0.710. The Morgan fingerprint density at radius 1 is 1.50 bits per heavy atom. The third-order valence-corrected chi connectivity index (χ3v) is 2.62. The number of methoxy groups -OCH3 is 1. The van der Waals surface area contributed by atoms with Gasteiger partial charge >= 0.3 is 5.97 Å². The Hall–Kier alpha value is -1.42. The molecule has 0 saturated carbocycles. The van der Waals surface area contributed by atoms with Gasteiger partial charge in [-0.05, 0) is 31.2 Å². The first-order valence-electron chi connectivity index (χ1n) is 5.36. The zero-order chi connectivity index (χ0) is 12.0. The van der Waals surface area contributed by atoms with Crippen molar-refractivity contribution < 1.29 is 9.53 Å². The van der Waals surface area contributed by atoms with E-state index in [0.29, 0.717) is 6.54 Å². The van der Waals surface area contributed by atoms with E-state index in [1.807, 2.05) is 24.1 Å². The molecule has 0 N–H and O–H groups in total. The molecule has 0 aromatic carbocycles. The van der Waals surface area contributed by atoms with E-state index in [1.165, 1.54) is 12.7 Å². The summed E-state index contributed by atoms with van der Waals surface area (Å²) in [6, 6.07) is 4.17. The van der Waals surface area contributed by atoms with E-state index in [0.717, 1.165) is 6.42 Å². The van der Waals surface area contributed by atoms with Crippen LogP contribution < -0.4 is 0 Å². The molecule has 88 valence electrons. The molecule has 0 bridgehead atoms. The van der Waals surface area contributed by atoms with Gasteiger partial charge in [0.2, 0.25) is 0 Å². The molecule has 0 aliphatic rings. The molecule has 0 aliphatic carbocycles. The fraction of sp³-hybridized carbons (Fsp3) is 0.500. The smallest absolute Gasteiger partial charge is 0.319 e. The van der Waals surface area contributed by atoms with Gasteiger partial charge in [0.25, 0.3) is 0 Å². The molecule has 0 spiro atoms. The average Bonchev–Trinajstić information content (AvgIpc) is 2.31. The average molecular weight is 222 g/mol. The number of nitrogens with zero attached hydrogens (tertiary/aromatic N) is 2. The first kappa shape index (κ1) is 12.6. The molecule has 4 nitrogen and oxygen atoms in total. The molecule has 1 rings (SSSR count). The van der Waals surface area contributed by atoms with Crippen molar-refractivity contribution >= 4 is 5.97 Å². The van der Waals surface area contributed by atoms with Crippen LogP contribution in [0.15, 0.2) is 24.5 Å². The van der Waals surface area contributed by atoms with E-state index < -0.39 is 0 Å². The minimum atomic E-state index is -0.213. The van der Waals surface area contributed by atoms with Crippen molar-refractivity contribution in [1.29, 1.82) is 0 Å². The van der Waals surface area contributed by atoms with E-state index in [1.54, 1.807) is 12.4 Å². The van der Waals surface area contributed by atoms with Crippen LogP contribution in [0, 0.1) is 0 Å². The lowest BCUT2D eigenvalue weighted by atomic mass is 10.0. The Labute approximate surface area is 96.2 Å².